The number of rotatable bonds is 6. The molecule has 5 heteroatoms. The summed E-state index contributed by atoms with van der Waals surface area (Å²) >= 11 is 0. The van der Waals surface area contributed by atoms with Gasteiger partial charge in [-0.2, -0.15) is 0 Å². The maximum absolute atomic E-state index is 12.0. The van der Waals surface area contributed by atoms with Gasteiger partial charge in [-0.15, -0.1) is 5.10 Å². The average Bonchev–Trinajstić information content (AvgIpc) is 3.13. The summed E-state index contributed by atoms with van der Waals surface area (Å²) in [6.07, 6.45) is 5.33. The van der Waals surface area contributed by atoms with Crippen LogP contribution in [0.5, 0.6) is 0 Å². The smallest absolute Gasteiger partial charge is 0.223 e. The molecule has 1 saturated carbocycles. The lowest BCUT2D eigenvalue weighted by atomic mass is 10.1. The predicted molar refractivity (Wildman–Crippen MR) is 74.9 cm³/mol. The number of nitrogens with one attached hydrogen (secondary N) is 1. The fraction of sp³-hybridized carbons (Fsp3) is 0.400. The third-order valence-corrected chi connectivity index (χ3v) is 3.69. The summed E-state index contributed by atoms with van der Waals surface area (Å²) in [6.45, 7) is 1.48. The van der Waals surface area contributed by atoms with Gasteiger partial charge in [-0.3, -0.25) is 9.48 Å². The molecule has 3 rings (SSSR count). The lowest BCUT2D eigenvalue weighted by Gasteiger charge is -2.05. The molecule has 1 heterocycles. The minimum absolute atomic E-state index is 0.156. The zero-order chi connectivity index (χ0) is 13.8. The molecule has 0 aliphatic heterocycles. The van der Waals surface area contributed by atoms with Gasteiger partial charge in [0.1, 0.15) is 0 Å². The van der Waals surface area contributed by atoms with E-state index in [0.29, 0.717) is 12.5 Å². The Morgan fingerprint density at radius 3 is 2.95 bits per heavy atom. The Morgan fingerprint density at radius 1 is 1.35 bits per heavy atom. The van der Waals surface area contributed by atoms with E-state index in [1.54, 1.807) is 10.9 Å². The normalized spacial score (nSPS) is 20.6. The highest BCUT2D eigenvalue weighted by atomic mass is 16.2. The maximum Gasteiger partial charge on any atom is 0.223 e. The summed E-state index contributed by atoms with van der Waals surface area (Å²) in [4.78, 5) is 12.0. The molecule has 0 unspecified atom stereocenters. The van der Waals surface area contributed by atoms with Crippen LogP contribution in [0, 0.1) is 5.92 Å². The number of carbonyl (C=O) groups excluding carboxylic acids is 1. The van der Waals surface area contributed by atoms with Crippen molar-refractivity contribution in [2.75, 3.05) is 6.54 Å². The standard InChI is InChI=1S/C15H18N4O/c20-15(16-7-4-9-19-10-8-17-18-19)14-11-13(14)12-5-2-1-3-6-12/h1-3,5-6,8,10,13-14H,4,7,9,11H2,(H,16,20)/t13-,14+/m0/s1. The Kier molecular flexibility index (Phi) is 3.76. The second-order valence-electron chi connectivity index (χ2n) is 5.17. The number of hydrogen-bond acceptors (Lipinski definition) is 3. The van der Waals surface area contributed by atoms with E-state index < -0.39 is 0 Å². The largest absolute Gasteiger partial charge is 0.356 e. The molecule has 1 aliphatic carbocycles. The minimum Gasteiger partial charge on any atom is -0.356 e. The van der Waals surface area contributed by atoms with Gasteiger partial charge in [0.2, 0.25) is 5.91 Å². The highest BCUT2D eigenvalue weighted by Crippen LogP contribution is 2.47. The highest BCUT2D eigenvalue weighted by Gasteiger charge is 2.43. The lowest BCUT2D eigenvalue weighted by Crippen LogP contribution is -2.27. The van der Waals surface area contributed by atoms with Crippen LogP contribution in [-0.4, -0.2) is 27.4 Å². The third-order valence-electron chi connectivity index (χ3n) is 3.69. The van der Waals surface area contributed by atoms with Gasteiger partial charge >= 0.3 is 0 Å². The van der Waals surface area contributed by atoms with Crippen LogP contribution in [0.1, 0.15) is 24.3 Å². The number of hydrogen-bond donors (Lipinski definition) is 1. The molecule has 2 aromatic rings. The van der Waals surface area contributed by atoms with E-state index in [2.05, 4.69) is 27.8 Å². The van der Waals surface area contributed by atoms with Gasteiger partial charge in [0, 0.05) is 25.2 Å². The number of amides is 1. The first kappa shape index (κ1) is 12.8. The second-order valence-corrected chi connectivity index (χ2v) is 5.17. The molecule has 1 aliphatic rings. The number of nitrogens with zero attached hydrogens (tertiary/aromatic N) is 3. The van der Waals surface area contributed by atoms with E-state index in [1.807, 2.05) is 24.4 Å². The summed E-state index contributed by atoms with van der Waals surface area (Å²) in [6, 6.07) is 10.3. The van der Waals surface area contributed by atoms with Crippen molar-refractivity contribution in [2.24, 2.45) is 5.92 Å². The SMILES string of the molecule is O=C(NCCCn1ccnn1)[C@@H]1C[C@H]1c1ccccc1. The number of benzene rings is 1. The van der Waals surface area contributed by atoms with Gasteiger partial charge in [-0.05, 0) is 24.3 Å². The quantitative estimate of drug-likeness (QED) is 0.811. The van der Waals surface area contributed by atoms with Crippen LogP contribution in [0.2, 0.25) is 0 Å². The molecule has 20 heavy (non-hydrogen) atoms. The van der Waals surface area contributed by atoms with E-state index >= 15 is 0 Å². The highest BCUT2D eigenvalue weighted by molar-refractivity contribution is 5.82. The van der Waals surface area contributed by atoms with Crippen LogP contribution in [0.4, 0.5) is 0 Å². The van der Waals surface area contributed by atoms with Gasteiger partial charge in [-0.1, -0.05) is 35.5 Å². The van der Waals surface area contributed by atoms with E-state index in [9.17, 15) is 4.79 Å². The van der Waals surface area contributed by atoms with Crippen LogP contribution >= 0.6 is 0 Å². The second kappa shape index (κ2) is 5.86. The van der Waals surface area contributed by atoms with Crippen LogP contribution in [-0.2, 0) is 11.3 Å². The van der Waals surface area contributed by atoms with Crippen LogP contribution < -0.4 is 5.32 Å². The Hall–Kier alpha value is -2.17. The molecule has 0 bridgehead atoms. The molecule has 2 atom stereocenters. The monoisotopic (exact) mass is 270 g/mol. The third kappa shape index (κ3) is 3.04. The first-order valence-electron chi connectivity index (χ1n) is 7.01. The van der Waals surface area contributed by atoms with Crippen LogP contribution in [0.3, 0.4) is 0 Å². The van der Waals surface area contributed by atoms with E-state index in [0.717, 1.165) is 19.4 Å². The molecule has 1 fully saturated rings. The fourth-order valence-electron chi connectivity index (χ4n) is 2.49. The summed E-state index contributed by atoms with van der Waals surface area (Å²) in [5, 5.41) is 10.6. The van der Waals surface area contributed by atoms with Gasteiger partial charge in [-0.25, -0.2) is 0 Å². The summed E-state index contributed by atoms with van der Waals surface area (Å²) in [7, 11) is 0. The molecule has 1 amide bonds. The molecule has 0 saturated heterocycles. The molecular formula is C15H18N4O. The zero-order valence-electron chi connectivity index (χ0n) is 11.3. The van der Waals surface area contributed by atoms with Crippen molar-refractivity contribution in [3.05, 3.63) is 48.3 Å². The Labute approximate surface area is 118 Å². The fourth-order valence-corrected chi connectivity index (χ4v) is 2.49. The first-order valence-corrected chi connectivity index (χ1v) is 7.01. The predicted octanol–water partition coefficient (Wildman–Crippen LogP) is 1.59. The first-order chi connectivity index (χ1) is 9.84. The summed E-state index contributed by atoms with van der Waals surface area (Å²) in [5.41, 5.74) is 1.27. The van der Waals surface area contributed by atoms with Gasteiger partial charge < -0.3 is 5.32 Å². The van der Waals surface area contributed by atoms with E-state index in [4.69, 9.17) is 0 Å². The Balaban J connectivity index is 1.38. The number of aromatic nitrogens is 3. The van der Waals surface area contributed by atoms with Crippen molar-refractivity contribution in [1.29, 1.82) is 0 Å². The Morgan fingerprint density at radius 2 is 2.20 bits per heavy atom. The molecule has 0 radical (unpaired) electrons. The number of carbonyl (C=O) groups is 1. The minimum atomic E-state index is 0.156. The molecule has 1 aromatic heterocycles. The molecule has 1 aromatic carbocycles. The molecular weight excluding hydrogens is 252 g/mol. The van der Waals surface area contributed by atoms with Gasteiger partial charge in [0.05, 0.1) is 6.20 Å². The topological polar surface area (TPSA) is 59.8 Å². The molecule has 0 spiro atoms. The van der Waals surface area contributed by atoms with Gasteiger partial charge in [0.25, 0.3) is 0 Å². The number of aryl methyl sites for hydroxylation is 1. The molecule has 1 N–H and O–H groups in total. The van der Waals surface area contributed by atoms with Crippen molar-refractivity contribution >= 4 is 5.91 Å². The maximum atomic E-state index is 12.0. The van der Waals surface area contributed by atoms with E-state index in [-0.39, 0.29) is 11.8 Å². The molecule has 5 nitrogen and oxygen atoms in total. The average molecular weight is 270 g/mol. The van der Waals surface area contributed by atoms with Crippen molar-refractivity contribution in [3.63, 3.8) is 0 Å². The van der Waals surface area contributed by atoms with Gasteiger partial charge in [0.15, 0.2) is 0 Å². The van der Waals surface area contributed by atoms with Crippen molar-refractivity contribution in [1.82, 2.24) is 20.3 Å². The summed E-state index contributed by atoms with van der Waals surface area (Å²) in [5.74, 6) is 0.743. The lowest BCUT2D eigenvalue weighted by molar-refractivity contribution is -0.122. The van der Waals surface area contributed by atoms with Crippen molar-refractivity contribution in [2.45, 2.75) is 25.3 Å². The van der Waals surface area contributed by atoms with Crippen LogP contribution in [0.25, 0.3) is 0 Å². The summed E-state index contributed by atoms with van der Waals surface area (Å²) < 4.78 is 1.77. The molecule has 104 valence electrons. The Bertz CT molecular complexity index is 553. The zero-order valence-corrected chi connectivity index (χ0v) is 11.3. The van der Waals surface area contributed by atoms with Crippen molar-refractivity contribution in [3.8, 4) is 0 Å². The van der Waals surface area contributed by atoms with Crippen molar-refractivity contribution < 1.29 is 4.79 Å². The van der Waals surface area contributed by atoms with Crippen LogP contribution in [0.15, 0.2) is 42.7 Å². The van der Waals surface area contributed by atoms with E-state index in [1.165, 1.54) is 5.56 Å².